The highest BCUT2D eigenvalue weighted by Crippen LogP contribution is 2.34. The highest BCUT2D eigenvalue weighted by atomic mass is 32.2. The molecule has 0 saturated carbocycles. The lowest BCUT2D eigenvalue weighted by Gasteiger charge is -2.12. The Morgan fingerprint density at radius 3 is 2.38 bits per heavy atom. The quantitative estimate of drug-likeness (QED) is 0.518. The SMILES string of the molecule is CCOc1ccc(C=C2SC(=Nc3ccc(C(=O)OC)cc3)N(CC)C2=O)cc1. The van der Waals surface area contributed by atoms with Crippen molar-refractivity contribution in [2.24, 2.45) is 4.99 Å². The van der Waals surface area contributed by atoms with Gasteiger partial charge in [0.1, 0.15) is 5.75 Å². The molecule has 0 aromatic heterocycles. The van der Waals surface area contributed by atoms with Crippen LogP contribution in [0.25, 0.3) is 6.08 Å². The monoisotopic (exact) mass is 410 g/mol. The molecule has 2 aromatic carbocycles. The van der Waals surface area contributed by atoms with E-state index >= 15 is 0 Å². The molecule has 1 amide bonds. The van der Waals surface area contributed by atoms with E-state index in [0.717, 1.165) is 11.3 Å². The molecule has 0 bridgehead atoms. The lowest BCUT2D eigenvalue weighted by atomic mass is 10.2. The van der Waals surface area contributed by atoms with Crippen molar-refractivity contribution in [2.45, 2.75) is 13.8 Å². The first-order valence-electron chi connectivity index (χ1n) is 9.27. The Balaban J connectivity index is 1.82. The van der Waals surface area contributed by atoms with Gasteiger partial charge in [0.2, 0.25) is 0 Å². The third-order valence-electron chi connectivity index (χ3n) is 4.21. The molecule has 29 heavy (non-hydrogen) atoms. The number of esters is 1. The number of methoxy groups -OCH3 is 1. The van der Waals surface area contributed by atoms with Crippen LogP contribution in [0.3, 0.4) is 0 Å². The number of amides is 1. The molecule has 1 fully saturated rings. The molecule has 0 unspecified atom stereocenters. The second-order valence-corrected chi connectivity index (χ2v) is 7.10. The fourth-order valence-corrected chi connectivity index (χ4v) is 3.81. The smallest absolute Gasteiger partial charge is 0.337 e. The van der Waals surface area contributed by atoms with E-state index in [-0.39, 0.29) is 5.91 Å². The lowest BCUT2D eigenvalue weighted by Crippen LogP contribution is -2.28. The van der Waals surface area contributed by atoms with E-state index in [4.69, 9.17) is 9.47 Å². The number of hydrogen-bond donors (Lipinski definition) is 0. The van der Waals surface area contributed by atoms with Gasteiger partial charge in [-0.2, -0.15) is 0 Å². The Bertz CT molecular complexity index is 950. The standard InChI is InChI=1S/C22H22N2O4S/c1-4-24-20(25)19(14-15-6-12-18(13-7-15)28-5-2)29-22(24)23-17-10-8-16(9-11-17)21(26)27-3/h6-14H,4-5H2,1-3H3. The van der Waals surface area contributed by atoms with Crippen LogP contribution in [0.5, 0.6) is 5.75 Å². The molecule has 0 radical (unpaired) electrons. The molecule has 1 aliphatic heterocycles. The Labute approximate surface area is 174 Å². The summed E-state index contributed by atoms with van der Waals surface area (Å²) in [5.74, 6) is 0.328. The van der Waals surface area contributed by atoms with Crippen LogP contribution in [0.1, 0.15) is 29.8 Å². The summed E-state index contributed by atoms with van der Waals surface area (Å²) in [6.45, 7) is 4.98. The number of carbonyl (C=O) groups excluding carboxylic acids is 2. The molecule has 2 aromatic rings. The maximum Gasteiger partial charge on any atom is 0.337 e. The molecule has 0 atom stereocenters. The largest absolute Gasteiger partial charge is 0.494 e. The second kappa shape index (κ2) is 9.43. The number of hydrogen-bond acceptors (Lipinski definition) is 6. The highest BCUT2D eigenvalue weighted by molar-refractivity contribution is 8.18. The molecular weight excluding hydrogens is 388 g/mol. The van der Waals surface area contributed by atoms with Crippen molar-refractivity contribution in [3.05, 3.63) is 64.6 Å². The van der Waals surface area contributed by atoms with Gasteiger partial charge in [-0.3, -0.25) is 9.69 Å². The molecule has 0 spiro atoms. The summed E-state index contributed by atoms with van der Waals surface area (Å²) in [4.78, 5) is 31.2. The molecule has 0 aliphatic carbocycles. The number of ether oxygens (including phenoxy) is 2. The number of thioether (sulfide) groups is 1. The molecule has 150 valence electrons. The summed E-state index contributed by atoms with van der Waals surface area (Å²) >= 11 is 1.34. The predicted octanol–water partition coefficient (Wildman–Crippen LogP) is 4.50. The van der Waals surface area contributed by atoms with Crippen LogP contribution in [-0.4, -0.2) is 42.2 Å². The molecule has 1 heterocycles. The zero-order valence-electron chi connectivity index (χ0n) is 16.5. The first kappa shape index (κ1) is 20.7. The molecule has 3 rings (SSSR count). The zero-order chi connectivity index (χ0) is 20.8. The first-order chi connectivity index (χ1) is 14.0. The minimum atomic E-state index is -0.398. The summed E-state index contributed by atoms with van der Waals surface area (Å²) in [6, 6.07) is 14.4. The molecular formula is C22H22N2O4S. The molecule has 1 aliphatic rings. The minimum Gasteiger partial charge on any atom is -0.494 e. The van der Waals surface area contributed by atoms with Crippen LogP contribution < -0.4 is 4.74 Å². The predicted molar refractivity (Wildman–Crippen MR) is 115 cm³/mol. The van der Waals surface area contributed by atoms with E-state index in [0.29, 0.717) is 34.5 Å². The normalized spacial score (nSPS) is 16.5. The van der Waals surface area contributed by atoms with Crippen molar-refractivity contribution in [1.82, 2.24) is 4.90 Å². The number of likely N-dealkylation sites (N-methyl/N-ethyl adjacent to an activating group) is 1. The van der Waals surface area contributed by atoms with Crippen LogP contribution in [0, 0.1) is 0 Å². The van der Waals surface area contributed by atoms with Gasteiger partial charge in [-0.25, -0.2) is 9.79 Å². The van der Waals surface area contributed by atoms with Crippen LogP contribution in [0.4, 0.5) is 5.69 Å². The number of benzene rings is 2. The van der Waals surface area contributed by atoms with Gasteiger partial charge in [0.15, 0.2) is 5.17 Å². The van der Waals surface area contributed by atoms with Crippen molar-refractivity contribution in [2.75, 3.05) is 20.3 Å². The third kappa shape index (κ3) is 4.86. The highest BCUT2D eigenvalue weighted by Gasteiger charge is 2.32. The summed E-state index contributed by atoms with van der Waals surface area (Å²) < 4.78 is 10.2. The van der Waals surface area contributed by atoms with Gasteiger partial charge in [-0.15, -0.1) is 0 Å². The van der Waals surface area contributed by atoms with Crippen molar-refractivity contribution >= 4 is 40.6 Å². The summed E-state index contributed by atoms with van der Waals surface area (Å²) in [6.07, 6.45) is 1.86. The van der Waals surface area contributed by atoms with E-state index in [1.165, 1.54) is 18.9 Å². The van der Waals surface area contributed by atoms with Gasteiger partial charge in [0.05, 0.1) is 29.9 Å². The Morgan fingerprint density at radius 1 is 1.10 bits per heavy atom. The van der Waals surface area contributed by atoms with Gasteiger partial charge < -0.3 is 9.47 Å². The van der Waals surface area contributed by atoms with Crippen LogP contribution in [-0.2, 0) is 9.53 Å². The zero-order valence-corrected chi connectivity index (χ0v) is 17.4. The summed E-state index contributed by atoms with van der Waals surface area (Å²) in [5.41, 5.74) is 2.03. The number of nitrogens with zero attached hydrogens (tertiary/aromatic N) is 2. The van der Waals surface area contributed by atoms with E-state index in [1.807, 2.05) is 44.2 Å². The van der Waals surface area contributed by atoms with E-state index in [2.05, 4.69) is 4.99 Å². The van der Waals surface area contributed by atoms with Gasteiger partial charge in [0, 0.05) is 6.54 Å². The van der Waals surface area contributed by atoms with E-state index in [1.54, 1.807) is 29.2 Å². The molecule has 0 N–H and O–H groups in total. The van der Waals surface area contributed by atoms with Crippen LogP contribution in [0.2, 0.25) is 0 Å². The Kier molecular flexibility index (Phi) is 6.72. The van der Waals surface area contributed by atoms with E-state index in [9.17, 15) is 9.59 Å². The number of amidine groups is 1. The van der Waals surface area contributed by atoms with Crippen molar-refractivity contribution in [1.29, 1.82) is 0 Å². The topological polar surface area (TPSA) is 68.2 Å². The molecule has 6 nitrogen and oxygen atoms in total. The first-order valence-corrected chi connectivity index (χ1v) is 10.1. The Hall–Kier alpha value is -3.06. The number of rotatable bonds is 6. The van der Waals surface area contributed by atoms with Gasteiger partial charge in [-0.1, -0.05) is 12.1 Å². The molecule has 7 heteroatoms. The average molecular weight is 410 g/mol. The fraction of sp³-hybridized carbons (Fsp3) is 0.227. The maximum absolute atomic E-state index is 12.8. The fourth-order valence-electron chi connectivity index (χ4n) is 2.75. The maximum atomic E-state index is 12.8. The van der Waals surface area contributed by atoms with Crippen molar-refractivity contribution in [3.63, 3.8) is 0 Å². The van der Waals surface area contributed by atoms with Gasteiger partial charge in [0.25, 0.3) is 5.91 Å². The molecule has 1 saturated heterocycles. The minimum absolute atomic E-state index is 0.0729. The Morgan fingerprint density at radius 2 is 1.79 bits per heavy atom. The van der Waals surface area contributed by atoms with Gasteiger partial charge in [-0.05, 0) is 73.6 Å². The number of aliphatic imine (C=N–C) groups is 1. The second-order valence-electron chi connectivity index (χ2n) is 6.09. The third-order valence-corrected chi connectivity index (χ3v) is 5.21. The van der Waals surface area contributed by atoms with Crippen molar-refractivity contribution < 1.29 is 19.1 Å². The summed E-state index contributed by atoms with van der Waals surface area (Å²) in [5, 5.41) is 0.612. The van der Waals surface area contributed by atoms with Crippen molar-refractivity contribution in [3.8, 4) is 5.75 Å². The lowest BCUT2D eigenvalue weighted by molar-refractivity contribution is -0.122. The van der Waals surface area contributed by atoms with Crippen LogP contribution >= 0.6 is 11.8 Å². The number of carbonyl (C=O) groups is 2. The van der Waals surface area contributed by atoms with Gasteiger partial charge >= 0.3 is 5.97 Å². The summed E-state index contributed by atoms with van der Waals surface area (Å²) in [7, 11) is 1.34. The van der Waals surface area contributed by atoms with Crippen LogP contribution in [0.15, 0.2) is 58.4 Å². The van der Waals surface area contributed by atoms with E-state index < -0.39 is 5.97 Å². The average Bonchev–Trinajstić information content (AvgIpc) is 3.03.